The molecule has 0 atom stereocenters. The minimum Gasteiger partial charge on any atom is -0.492 e. The van der Waals surface area contributed by atoms with Crippen LogP contribution in [0, 0.1) is 0 Å². The number of methoxy groups -OCH3 is 1. The lowest BCUT2D eigenvalue weighted by atomic mass is 10.3. The highest BCUT2D eigenvalue weighted by molar-refractivity contribution is 7.91. The molecule has 2 rings (SSSR count). The van der Waals surface area contributed by atoms with E-state index in [1.807, 2.05) is 4.90 Å². The van der Waals surface area contributed by atoms with Crippen LogP contribution in [0.4, 0.5) is 10.7 Å². The zero-order valence-electron chi connectivity index (χ0n) is 11.1. The summed E-state index contributed by atoms with van der Waals surface area (Å²) in [6, 6.07) is 0. The van der Waals surface area contributed by atoms with Gasteiger partial charge in [-0.05, 0) is 6.42 Å². The van der Waals surface area contributed by atoms with Crippen molar-refractivity contribution in [3.05, 3.63) is 4.88 Å². The molecule has 2 heterocycles. The van der Waals surface area contributed by atoms with Gasteiger partial charge in [0.2, 0.25) is 0 Å². The Labute approximate surface area is 121 Å². The summed E-state index contributed by atoms with van der Waals surface area (Å²) in [7, 11) is -1.54. The average Bonchev–Trinajstić information content (AvgIpc) is 2.59. The molecule has 1 aromatic rings. The highest BCUT2D eigenvalue weighted by Crippen LogP contribution is 2.44. The number of hydrogen-bond donors (Lipinski definition) is 2. The summed E-state index contributed by atoms with van der Waals surface area (Å²) in [5, 5.41) is 0.663. The number of thiophene rings is 1. The molecular weight excluding hydrogens is 302 g/mol. The van der Waals surface area contributed by atoms with Crippen molar-refractivity contribution in [2.24, 2.45) is 5.73 Å². The zero-order chi connectivity index (χ0) is 14.9. The molecule has 4 N–H and O–H groups in total. The van der Waals surface area contributed by atoms with Gasteiger partial charge < -0.3 is 21.1 Å². The summed E-state index contributed by atoms with van der Waals surface area (Å²) in [6.07, 6.45) is 0.537. The lowest BCUT2D eigenvalue weighted by molar-refractivity contribution is 0.100. The number of amides is 1. The quantitative estimate of drug-likeness (QED) is 0.814. The monoisotopic (exact) mass is 319 g/mol. The maximum atomic E-state index is 11.6. The minimum atomic E-state index is -3.00. The van der Waals surface area contributed by atoms with Crippen molar-refractivity contribution in [1.82, 2.24) is 0 Å². The molecule has 1 aliphatic rings. The second-order valence-electron chi connectivity index (χ2n) is 4.54. The first kappa shape index (κ1) is 14.9. The zero-order valence-corrected chi connectivity index (χ0v) is 12.7. The molecule has 9 heteroatoms. The van der Waals surface area contributed by atoms with Crippen LogP contribution >= 0.6 is 11.3 Å². The van der Waals surface area contributed by atoms with E-state index in [-0.39, 0.29) is 22.1 Å². The van der Waals surface area contributed by atoms with E-state index in [4.69, 9.17) is 16.2 Å². The first-order valence-corrected chi connectivity index (χ1v) is 8.71. The van der Waals surface area contributed by atoms with Gasteiger partial charge in [0, 0.05) is 13.1 Å². The number of sulfone groups is 1. The lowest BCUT2D eigenvalue weighted by Gasteiger charge is -2.21. The summed E-state index contributed by atoms with van der Waals surface area (Å²) in [5.74, 6) is 0.0393. The number of primary amides is 1. The van der Waals surface area contributed by atoms with Crippen molar-refractivity contribution in [2.45, 2.75) is 6.42 Å². The third-order valence-corrected chi connectivity index (χ3v) is 6.13. The van der Waals surface area contributed by atoms with Crippen molar-refractivity contribution in [2.75, 3.05) is 42.3 Å². The Morgan fingerprint density at radius 3 is 2.65 bits per heavy atom. The Morgan fingerprint density at radius 2 is 2.05 bits per heavy atom. The normalized spacial score (nSPS) is 18.6. The Morgan fingerprint density at radius 1 is 1.35 bits per heavy atom. The molecule has 0 bridgehead atoms. The van der Waals surface area contributed by atoms with Crippen LogP contribution < -0.4 is 21.1 Å². The fourth-order valence-corrected chi connectivity index (χ4v) is 4.51. The van der Waals surface area contributed by atoms with E-state index in [1.165, 1.54) is 7.11 Å². The second-order valence-corrected chi connectivity index (χ2v) is 7.84. The molecule has 20 heavy (non-hydrogen) atoms. The topological polar surface area (TPSA) is 116 Å². The van der Waals surface area contributed by atoms with E-state index in [1.54, 1.807) is 0 Å². The van der Waals surface area contributed by atoms with Gasteiger partial charge in [-0.3, -0.25) is 4.79 Å². The Hall–Kier alpha value is -1.48. The summed E-state index contributed by atoms with van der Waals surface area (Å²) >= 11 is 1.14. The SMILES string of the molecule is COc1c(N2CCCS(=O)(=O)CC2)sc(C(N)=O)c1N. The number of ether oxygens (including phenoxy) is 1. The molecule has 1 fully saturated rings. The second kappa shape index (κ2) is 5.49. The fourth-order valence-electron chi connectivity index (χ4n) is 2.15. The largest absolute Gasteiger partial charge is 0.492 e. The number of carbonyl (C=O) groups is 1. The highest BCUT2D eigenvalue weighted by atomic mass is 32.2. The molecular formula is C11H17N3O4S2. The summed E-state index contributed by atoms with van der Waals surface area (Å²) in [5.41, 5.74) is 11.3. The predicted molar refractivity (Wildman–Crippen MR) is 79.3 cm³/mol. The van der Waals surface area contributed by atoms with Crippen molar-refractivity contribution in [3.8, 4) is 5.75 Å². The Bertz CT molecular complexity index is 624. The number of nitrogens with zero attached hydrogens (tertiary/aromatic N) is 1. The van der Waals surface area contributed by atoms with Crippen LogP contribution in [-0.4, -0.2) is 46.0 Å². The standard InChI is InChI=1S/C11H17N3O4S2/c1-18-8-7(12)9(10(13)15)19-11(8)14-3-2-5-20(16,17)6-4-14/h2-6,12H2,1H3,(H2,13,15). The molecule has 1 aromatic heterocycles. The number of rotatable bonds is 3. The molecule has 1 saturated heterocycles. The third-order valence-electron chi connectivity index (χ3n) is 3.15. The molecule has 7 nitrogen and oxygen atoms in total. The molecule has 0 aliphatic carbocycles. The van der Waals surface area contributed by atoms with Gasteiger partial charge in [-0.25, -0.2) is 8.42 Å². The Kier molecular flexibility index (Phi) is 4.09. The van der Waals surface area contributed by atoms with Gasteiger partial charge >= 0.3 is 0 Å². The summed E-state index contributed by atoms with van der Waals surface area (Å²) in [6.45, 7) is 0.935. The van der Waals surface area contributed by atoms with E-state index < -0.39 is 15.7 Å². The van der Waals surface area contributed by atoms with Gasteiger partial charge in [0.05, 0.1) is 18.6 Å². The van der Waals surface area contributed by atoms with Crippen molar-refractivity contribution >= 4 is 37.8 Å². The number of nitrogen functional groups attached to an aromatic ring is 1. The first-order chi connectivity index (χ1) is 9.35. The van der Waals surface area contributed by atoms with Gasteiger partial charge in [0.25, 0.3) is 5.91 Å². The van der Waals surface area contributed by atoms with Crippen molar-refractivity contribution in [1.29, 1.82) is 0 Å². The smallest absolute Gasteiger partial charge is 0.261 e. The minimum absolute atomic E-state index is 0.0832. The number of hydrogen-bond acceptors (Lipinski definition) is 7. The van der Waals surface area contributed by atoms with Crippen LogP contribution in [0.15, 0.2) is 0 Å². The van der Waals surface area contributed by atoms with Crippen LogP contribution in [0.1, 0.15) is 16.1 Å². The Balaban J connectivity index is 2.37. The van der Waals surface area contributed by atoms with E-state index >= 15 is 0 Å². The molecule has 0 radical (unpaired) electrons. The maximum absolute atomic E-state index is 11.6. The van der Waals surface area contributed by atoms with E-state index in [9.17, 15) is 13.2 Å². The van der Waals surface area contributed by atoms with Crippen LogP contribution in [0.25, 0.3) is 0 Å². The van der Waals surface area contributed by atoms with Crippen molar-refractivity contribution < 1.29 is 17.9 Å². The molecule has 0 aromatic carbocycles. The maximum Gasteiger partial charge on any atom is 0.261 e. The molecule has 1 aliphatic heterocycles. The molecule has 1 amide bonds. The van der Waals surface area contributed by atoms with Gasteiger partial charge in [0.15, 0.2) is 15.6 Å². The third kappa shape index (κ3) is 2.83. The van der Waals surface area contributed by atoms with Crippen molar-refractivity contribution in [3.63, 3.8) is 0 Å². The van der Waals surface area contributed by atoms with Crippen LogP contribution in [-0.2, 0) is 9.84 Å². The van der Waals surface area contributed by atoms with Gasteiger partial charge in [0.1, 0.15) is 15.6 Å². The summed E-state index contributed by atoms with van der Waals surface area (Å²) < 4.78 is 28.5. The van der Waals surface area contributed by atoms with E-state index in [0.29, 0.717) is 30.3 Å². The number of nitrogens with two attached hydrogens (primary N) is 2. The molecule has 0 unspecified atom stereocenters. The van der Waals surface area contributed by atoms with Crippen LogP contribution in [0.5, 0.6) is 5.75 Å². The van der Waals surface area contributed by atoms with Crippen LogP contribution in [0.2, 0.25) is 0 Å². The average molecular weight is 319 g/mol. The van der Waals surface area contributed by atoms with Gasteiger partial charge in [-0.15, -0.1) is 11.3 Å². The molecule has 0 saturated carbocycles. The lowest BCUT2D eigenvalue weighted by Crippen LogP contribution is -2.26. The predicted octanol–water partition coefficient (Wildman–Crippen LogP) is 0.0627. The fraction of sp³-hybridized carbons (Fsp3) is 0.545. The van der Waals surface area contributed by atoms with E-state index in [2.05, 4.69) is 0 Å². The van der Waals surface area contributed by atoms with Crippen LogP contribution in [0.3, 0.4) is 0 Å². The summed E-state index contributed by atoms with van der Waals surface area (Å²) in [4.78, 5) is 13.5. The molecule has 112 valence electrons. The number of anilines is 2. The van der Waals surface area contributed by atoms with E-state index in [0.717, 1.165) is 11.3 Å². The highest BCUT2D eigenvalue weighted by Gasteiger charge is 2.27. The molecule has 0 spiro atoms. The first-order valence-electron chi connectivity index (χ1n) is 6.07. The number of carbonyl (C=O) groups excluding carboxylic acids is 1. The van der Waals surface area contributed by atoms with Gasteiger partial charge in [-0.1, -0.05) is 0 Å². The van der Waals surface area contributed by atoms with Gasteiger partial charge in [-0.2, -0.15) is 0 Å².